The number of fused-ring (bicyclic) bond motifs is 1. The van der Waals surface area contributed by atoms with Crippen LogP contribution in [0.2, 0.25) is 0 Å². The molecule has 2 fully saturated rings. The molecule has 5 heteroatoms. The minimum atomic E-state index is -0.0929. The van der Waals surface area contributed by atoms with Crippen molar-refractivity contribution in [3.05, 3.63) is 42.0 Å². The first-order valence-corrected chi connectivity index (χ1v) is 11.1. The summed E-state index contributed by atoms with van der Waals surface area (Å²) in [6.45, 7) is 7.35. The number of piperidine rings is 2. The van der Waals surface area contributed by atoms with E-state index in [2.05, 4.69) is 13.8 Å². The van der Waals surface area contributed by atoms with Crippen molar-refractivity contribution in [3.8, 4) is 5.75 Å². The third-order valence-corrected chi connectivity index (χ3v) is 6.57. The predicted molar refractivity (Wildman–Crippen MR) is 119 cm³/mol. The topological polar surface area (TPSA) is 49.9 Å². The third kappa shape index (κ3) is 4.03. The second-order valence-electron chi connectivity index (χ2n) is 9.14. The van der Waals surface area contributed by atoms with E-state index in [1.54, 1.807) is 7.11 Å². The van der Waals surface area contributed by atoms with E-state index in [-0.39, 0.29) is 17.7 Å². The van der Waals surface area contributed by atoms with E-state index >= 15 is 0 Å². The van der Waals surface area contributed by atoms with Gasteiger partial charge in [0.25, 0.3) is 5.91 Å². The van der Waals surface area contributed by atoms with E-state index in [0.29, 0.717) is 30.5 Å². The Morgan fingerprint density at radius 1 is 0.933 bits per heavy atom. The van der Waals surface area contributed by atoms with Crippen LogP contribution in [0.15, 0.2) is 36.4 Å². The number of carbonyl (C=O) groups is 2. The zero-order chi connectivity index (χ0) is 21.3. The van der Waals surface area contributed by atoms with Crippen molar-refractivity contribution in [1.29, 1.82) is 0 Å². The SMILES string of the molecule is COc1ccc(C(=O)N2CCCC(C(=O)N3CC(C)CC(C)C3)C2)c2ccccc12. The van der Waals surface area contributed by atoms with Crippen LogP contribution < -0.4 is 4.74 Å². The summed E-state index contributed by atoms with van der Waals surface area (Å²) in [5, 5.41) is 1.83. The number of methoxy groups -OCH3 is 1. The van der Waals surface area contributed by atoms with E-state index in [9.17, 15) is 9.59 Å². The molecule has 0 aromatic heterocycles. The summed E-state index contributed by atoms with van der Waals surface area (Å²) in [5.41, 5.74) is 0.680. The summed E-state index contributed by atoms with van der Waals surface area (Å²) in [7, 11) is 1.65. The Balaban J connectivity index is 1.53. The first-order chi connectivity index (χ1) is 14.5. The Labute approximate surface area is 179 Å². The average Bonchev–Trinajstić information content (AvgIpc) is 2.76. The zero-order valence-corrected chi connectivity index (χ0v) is 18.3. The number of amides is 2. The number of rotatable bonds is 3. The Morgan fingerprint density at radius 2 is 1.63 bits per heavy atom. The molecule has 2 aromatic rings. The Kier molecular flexibility index (Phi) is 5.98. The van der Waals surface area contributed by atoms with E-state index in [1.807, 2.05) is 46.2 Å². The van der Waals surface area contributed by atoms with Gasteiger partial charge in [-0.1, -0.05) is 38.1 Å². The normalized spacial score (nSPS) is 24.7. The number of likely N-dealkylation sites (tertiary alicyclic amines) is 2. The van der Waals surface area contributed by atoms with Crippen LogP contribution in [0, 0.1) is 17.8 Å². The summed E-state index contributed by atoms with van der Waals surface area (Å²) in [6, 6.07) is 11.6. The Bertz CT molecular complexity index is 931. The molecule has 0 aliphatic carbocycles. The maximum Gasteiger partial charge on any atom is 0.254 e. The molecule has 160 valence electrons. The molecule has 2 amide bonds. The molecule has 2 heterocycles. The highest BCUT2D eigenvalue weighted by Crippen LogP contribution is 2.31. The number of hydrogen-bond acceptors (Lipinski definition) is 3. The molecule has 0 spiro atoms. The fourth-order valence-corrected chi connectivity index (χ4v) is 5.27. The number of nitrogens with zero attached hydrogens (tertiary/aromatic N) is 2. The standard InChI is InChI=1S/C25H32N2O3/c1-17-13-18(2)15-27(14-17)24(28)19-7-6-12-26(16-19)25(29)22-10-11-23(30-3)21-9-5-4-8-20(21)22/h4-5,8-11,17-19H,6-7,12-16H2,1-3H3. The van der Waals surface area contributed by atoms with Crippen LogP contribution in [0.25, 0.3) is 10.8 Å². The molecule has 3 atom stereocenters. The summed E-state index contributed by atoms with van der Waals surface area (Å²) in [4.78, 5) is 30.6. The smallest absolute Gasteiger partial charge is 0.254 e. The molecule has 0 saturated carbocycles. The highest BCUT2D eigenvalue weighted by Gasteiger charge is 2.34. The molecule has 2 aliphatic rings. The zero-order valence-electron chi connectivity index (χ0n) is 18.3. The summed E-state index contributed by atoms with van der Waals surface area (Å²) in [6.07, 6.45) is 2.92. The van der Waals surface area contributed by atoms with Gasteiger partial charge in [-0.25, -0.2) is 0 Å². The lowest BCUT2D eigenvalue weighted by Gasteiger charge is -2.39. The van der Waals surface area contributed by atoms with Crippen molar-refractivity contribution in [2.24, 2.45) is 17.8 Å². The largest absolute Gasteiger partial charge is 0.496 e. The first-order valence-electron chi connectivity index (χ1n) is 11.1. The minimum Gasteiger partial charge on any atom is -0.496 e. The van der Waals surface area contributed by atoms with Gasteiger partial charge >= 0.3 is 0 Å². The summed E-state index contributed by atoms with van der Waals surface area (Å²) < 4.78 is 5.47. The lowest BCUT2D eigenvalue weighted by molar-refractivity contribution is -0.139. The summed E-state index contributed by atoms with van der Waals surface area (Å²) in [5.74, 6) is 2.00. The Morgan fingerprint density at radius 3 is 2.33 bits per heavy atom. The van der Waals surface area contributed by atoms with Gasteiger partial charge in [0.15, 0.2) is 0 Å². The third-order valence-electron chi connectivity index (χ3n) is 6.57. The van der Waals surface area contributed by atoms with Gasteiger partial charge in [-0.15, -0.1) is 0 Å². The maximum absolute atomic E-state index is 13.4. The molecule has 2 aromatic carbocycles. The van der Waals surface area contributed by atoms with Gasteiger partial charge in [0, 0.05) is 37.1 Å². The van der Waals surface area contributed by atoms with Gasteiger partial charge in [0.05, 0.1) is 13.0 Å². The second-order valence-corrected chi connectivity index (χ2v) is 9.14. The van der Waals surface area contributed by atoms with E-state index in [0.717, 1.165) is 42.5 Å². The van der Waals surface area contributed by atoms with Gasteiger partial charge in [0.2, 0.25) is 5.91 Å². The van der Waals surface area contributed by atoms with Gasteiger partial charge < -0.3 is 14.5 Å². The molecule has 2 aliphatic heterocycles. The monoisotopic (exact) mass is 408 g/mol. The van der Waals surface area contributed by atoms with E-state index in [4.69, 9.17) is 4.74 Å². The molecular formula is C25H32N2O3. The van der Waals surface area contributed by atoms with Crippen molar-refractivity contribution in [3.63, 3.8) is 0 Å². The second kappa shape index (κ2) is 8.66. The fraction of sp³-hybridized carbons (Fsp3) is 0.520. The number of hydrogen-bond donors (Lipinski definition) is 0. The predicted octanol–water partition coefficient (Wildman–Crippen LogP) is 4.21. The molecule has 0 N–H and O–H groups in total. The average molecular weight is 409 g/mol. The molecule has 5 nitrogen and oxygen atoms in total. The van der Waals surface area contributed by atoms with Crippen LogP contribution in [0.5, 0.6) is 5.75 Å². The maximum atomic E-state index is 13.4. The lowest BCUT2D eigenvalue weighted by Crippen LogP contribution is -2.50. The molecule has 0 bridgehead atoms. The van der Waals surface area contributed by atoms with Crippen LogP contribution in [0.1, 0.15) is 43.5 Å². The van der Waals surface area contributed by atoms with Crippen LogP contribution in [-0.4, -0.2) is 54.9 Å². The van der Waals surface area contributed by atoms with Gasteiger partial charge in [-0.3, -0.25) is 9.59 Å². The van der Waals surface area contributed by atoms with Crippen LogP contribution >= 0.6 is 0 Å². The highest BCUT2D eigenvalue weighted by molar-refractivity contribution is 6.08. The molecular weight excluding hydrogens is 376 g/mol. The van der Waals surface area contributed by atoms with Crippen molar-refractivity contribution in [1.82, 2.24) is 9.80 Å². The number of carbonyl (C=O) groups excluding carboxylic acids is 2. The first kappa shape index (κ1) is 20.7. The Hall–Kier alpha value is -2.56. The molecule has 30 heavy (non-hydrogen) atoms. The van der Waals surface area contributed by atoms with Gasteiger partial charge in [0.1, 0.15) is 5.75 Å². The summed E-state index contributed by atoms with van der Waals surface area (Å²) >= 11 is 0. The van der Waals surface area contributed by atoms with E-state index in [1.165, 1.54) is 6.42 Å². The number of ether oxygens (including phenoxy) is 1. The highest BCUT2D eigenvalue weighted by atomic mass is 16.5. The van der Waals surface area contributed by atoms with Crippen molar-refractivity contribution < 1.29 is 14.3 Å². The molecule has 4 rings (SSSR count). The number of benzene rings is 2. The van der Waals surface area contributed by atoms with E-state index < -0.39 is 0 Å². The molecule has 2 saturated heterocycles. The van der Waals surface area contributed by atoms with Crippen LogP contribution in [-0.2, 0) is 4.79 Å². The van der Waals surface area contributed by atoms with Crippen molar-refractivity contribution in [2.45, 2.75) is 33.1 Å². The van der Waals surface area contributed by atoms with Crippen LogP contribution in [0.3, 0.4) is 0 Å². The molecule has 3 unspecified atom stereocenters. The molecule has 0 radical (unpaired) electrons. The lowest BCUT2D eigenvalue weighted by atomic mass is 9.89. The fourth-order valence-electron chi connectivity index (χ4n) is 5.27. The van der Waals surface area contributed by atoms with Crippen molar-refractivity contribution in [2.75, 3.05) is 33.3 Å². The van der Waals surface area contributed by atoms with Gasteiger partial charge in [-0.05, 0) is 48.6 Å². The minimum absolute atomic E-state index is 0.00623. The van der Waals surface area contributed by atoms with Crippen LogP contribution in [0.4, 0.5) is 0 Å². The van der Waals surface area contributed by atoms with Crippen molar-refractivity contribution >= 4 is 22.6 Å². The van der Waals surface area contributed by atoms with Gasteiger partial charge in [-0.2, -0.15) is 0 Å². The quantitative estimate of drug-likeness (QED) is 0.765.